The molecule has 0 amide bonds. The molecule has 13 heteroatoms. The van der Waals surface area contributed by atoms with Gasteiger partial charge in [-0.25, -0.2) is 13.4 Å². The van der Waals surface area contributed by atoms with Crippen LogP contribution < -0.4 is 0 Å². The summed E-state index contributed by atoms with van der Waals surface area (Å²) in [5, 5.41) is -0.321. The number of nitrogens with zero attached hydrogens (tertiary/aromatic N) is 2. The number of aromatic nitrogens is 2. The summed E-state index contributed by atoms with van der Waals surface area (Å²) in [6, 6.07) is 1.11. The van der Waals surface area contributed by atoms with Crippen LogP contribution >= 0.6 is 46.1 Å². The highest BCUT2D eigenvalue weighted by Crippen LogP contribution is 2.35. The van der Waals surface area contributed by atoms with Gasteiger partial charge in [0.1, 0.15) is 25.1 Å². The average molecular weight is 456 g/mol. The molecule has 0 atom stereocenters. The molecule has 138 valence electrons. The standard InChI is InChI=1S/C12H8Cl3F3N2O3S2/c13-6-3-8(24-11(6)15)25(22,23)4-7(21)9-10(14)20(5-19-9)2-1-12(16,17)18/h3,5H,1-2,4H2. The van der Waals surface area contributed by atoms with E-state index in [0.717, 1.165) is 17.0 Å². The number of hydrogen-bond donors (Lipinski definition) is 0. The van der Waals surface area contributed by atoms with E-state index in [1.807, 2.05) is 0 Å². The number of Topliss-reactive ketones (excluding diaryl/α,β-unsaturated/α-hetero) is 1. The van der Waals surface area contributed by atoms with Gasteiger partial charge in [0.25, 0.3) is 0 Å². The molecule has 2 rings (SSSR count). The van der Waals surface area contributed by atoms with Crippen molar-refractivity contribution in [1.82, 2.24) is 9.55 Å². The number of carbonyl (C=O) groups is 1. The van der Waals surface area contributed by atoms with Gasteiger partial charge in [-0.05, 0) is 6.07 Å². The van der Waals surface area contributed by atoms with E-state index in [-0.39, 0.29) is 18.7 Å². The highest BCUT2D eigenvalue weighted by atomic mass is 35.5. The highest BCUT2D eigenvalue weighted by molar-refractivity contribution is 7.94. The minimum Gasteiger partial charge on any atom is -0.321 e. The van der Waals surface area contributed by atoms with Gasteiger partial charge < -0.3 is 4.57 Å². The van der Waals surface area contributed by atoms with Crippen LogP contribution in [0.25, 0.3) is 0 Å². The molecule has 25 heavy (non-hydrogen) atoms. The largest absolute Gasteiger partial charge is 0.390 e. The quantitative estimate of drug-likeness (QED) is 0.601. The molecule has 2 aromatic rings. The van der Waals surface area contributed by atoms with E-state index < -0.39 is 46.2 Å². The van der Waals surface area contributed by atoms with E-state index in [1.165, 1.54) is 0 Å². The predicted molar refractivity (Wildman–Crippen MR) is 88.6 cm³/mol. The number of alkyl halides is 3. The Balaban J connectivity index is 2.17. The van der Waals surface area contributed by atoms with Crippen molar-refractivity contribution in [3.05, 3.63) is 32.6 Å². The third kappa shape index (κ3) is 5.10. The first-order valence-electron chi connectivity index (χ1n) is 6.39. The van der Waals surface area contributed by atoms with Crippen LogP contribution in [0.5, 0.6) is 0 Å². The van der Waals surface area contributed by atoms with Crippen LogP contribution in [0.2, 0.25) is 14.5 Å². The van der Waals surface area contributed by atoms with Gasteiger partial charge in [0.15, 0.2) is 15.6 Å². The van der Waals surface area contributed by atoms with E-state index in [1.54, 1.807) is 0 Å². The molecule has 0 aromatic carbocycles. The van der Waals surface area contributed by atoms with Crippen LogP contribution in [0.1, 0.15) is 16.9 Å². The zero-order chi connectivity index (χ0) is 19.0. The minimum absolute atomic E-state index is 0.0344. The van der Waals surface area contributed by atoms with Gasteiger partial charge in [-0.2, -0.15) is 13.2 Å². The first-order valence-corrected chi connectivity index (χ1v) is 9.99. The number of aryl methyl sites for hydroxylation is 1. The average Bonchev–Trinajstić information content (AvgIpc) is 2.99. The second kappa shape index (κ2) is 7.43. The van der Waals surface area contributed by atoms with Crippen LogP contribution in [0.15, 0.2) is 16.6 Å². The molecular weight excluding hydrogens is 448 g/mol. The third-order valence-electron chi connectivity index (χ3n) is 2.92. The monoisotopic (exact) mass is 454 g/mol. The van der Waals surface area contributed by atoms with Gasteiger partial charge in [-0.3, -0.25) is 4.79 Å². The van der Waals surface area contributed by atoms with Gasteiger partial charge in [-0.15, -0.1) is 11.3 Å². The lowest BCUT2D eigenvalue weighted by atomic mass is 10.3. The Morgan fingerprint density at radius 2 is 1.92 bits per heavy atom. The molecule has 0 aliphatic carbocycles. The van der Waals surface area contributed by atoms with E-state index in [0.29, 0.717) is 11.3 Å². The summed E-state index contributed by atoms with van der Waals surface area (Å²) in [4.78, 5) is 15.8. The Hall–Kier alpha value is -0.810. The molecule has 5 nitrogen and oxygen atoms in total. The lowest BCUT2D eigenvalue weighted by Crippen LogP contribution is -2.17. The second-order valence-corrected chi connectivity index (χ2v) is 9.45. The Kier molecular flexibility index (Phi) is 6.10. The highest BCUT2D eigenvalue weighted by Gasteiger charge is 2.29. The summed E-state index contributed by atoms with van der Waals surface area (Å²) in [6.45, 7) is -0.536. The van der Waals surface area contributed by atoms with Crippen molar-refractivity contribution >= 4 is 61.8 Å². The van der Waals surface area contributed by atoms with Crippen molar-refractivity contribution in [2.75, 3.05) is 5.75 Å². The van der Waals surface area contributed by atoms with E-state index in [2.05, 4.69) is 4.98 Å². The topological polar surface area (TPSA) is 69.0 Å². The van der Waals surface area contributed by atoms with Gasteiger partial charge in [0, 0.05) is 6.54 Å². The maximum absolute atomic E-state index is 12.2. The molecule has 0 unspecified atom stereocenters. The number of hydrogen-bond acceptors (Lipinski definition) is 5. The molecule has 0 aliphatic heterocycles. The molecule has 0 N–H and O–H groups in total. The number of sulfone groups is 1. The Bertz CT molecular complexity index is 887. The summed E-state index contributed by atoms with van der Waals surface area (Å²) < 4.78 is 61.9. The van der Waals surface area contributed by atoms with Crippen molar-refractivity contribution in [2.45, 2.75) is 23.4 Å². The fraction of sp³-hybridized carbons (Fsp3) is 0.333. The second-order valence-electron chi connectivity index (χ2n) is 4.81. The first-order chi connectivity index (χ1) is 11.4. The van der Waals surface area contributed by atoms with Crippen molar-refractivity contribution in [3.63, 3.8) is 0 Å². The fourth-order valence-corrected chi connectivity index (χ4v) is 5.19. The molecule has 0 saturated carbocycles. The van der Waals surface area contributed by atoms with Crippen molar-refractivity contribution in [1.29, 1.82) is 0 Å². The molecule has 0 spiro atoms. The molecule has 0 saturated heterocycles. The van der Waals surface area contributed by atoms with Crippen LogP contribution in [-0.2, 0) is 16.4 Å². The summed E-state index contributed by atoms with van der Waals surface area (Å²) in [5.41, 5.74) is -0.416. The number of imidazole rings is 1. The Morgan fingerprint density at radius 1 is 1.28 bits per heavy atom. The van der Waals surface area contributed by atoms with Crippen LogP contribution in [0.3, 0.4) is 0 Å². The molecule has 0 radical (unpaired) electrons. The molecular formula is C12H8Cl3F3N2O3S2. The van der Waals surface area contributed by atoms with Gasteiger partial charge in [0.2, 0.25) is 0 Å². The predicted octanol–water partition coefficient (Wildman–Crippen LogP) is 4.51. The maximum Gasteiger partial charge on any atom is 0.390 e. The van der Waals surface area contributed by atoms with Crippen molar-refractivity contribution in [2.24, 2.45) is 0 Å². The molecule has 0 fully saturated rings. The smallest absolute Gasteiger partial charge is 0.321 e. The molecule has 0 bridgehead atoms. The lowest BCUT2D eigenvalue weighted by Gasteiger charge is -2.07. The normalized spacial score (nSPS) is 12.6. The van der Waals surface area contributed by atoms with Crippen molar-refractivity contribution in [3.8, 4) is 0 Å². The molecule has 0 aliphatic rings. The Labute approximate surface area is 159 Å². The molecule has 2 aromatic heterocycles. The summed E-state index contributed by atoms with van der Waals surface area (Å²) in [5.74, 6) is -1.91. The van der Waals surface area contributed by atoms with E-state index >= 15 is 0 Å². The van der Waals surface area contributed by atoms with Crippen LogP contribution in [-0.4, -0.2) is 35.7 Å². The zero-order valence-corrected chi connectivity index (χ0v) is 15.9. The van der Waals surface area contributed by atoms with Crippen LogP contribution in [0, 0.1) is 0 Å². The summed E-state index contributed by atoms with van der Waals surface area (Å²) in [6.07, 6.45) is -4.62. The van der Waals surface area contributed by atoms with Crippen molar-refractivity contribution < 1.29 is 26.4 Å². The fourth-order valence-electron chi connectivity index (χ4n) is 1.75. The van der Waals surface area contributed by atoms with Gasteiger partial charge >= 0.3 is 6.18 Å². The lowest BCUT2D eigenvalue weighted by molar-refractivity contribution is -0.136. The summed E-state index contributed by atoms with van der Waals surface area (Å²) in [7, 11) is -4.04. The van der Waals surface area contributed by atoms with Gasteiger partial charge in [0.05, 0.1) is 17.8 Å². The SMILES string of the molecule is O=C(CS(=O)(=O)c1cc(Cl)c(Cl)s1)c1ncn(CCC(F)(F)F)c1Cl. The maximum atomic E-state index is 12.2. The number of carbonyl (C=O) groups excluding carboxylic acids is 1. The van der Waals surface area contributed by atoms with Crippen LogP contribution in [0.4, 0.5) is 13.2 Å². The number of thiophene rings is 1. The first kappa shape index (κ1) is 20.5. The minimum atomic E-state index is -4.40. The zero-order valence-electron chi connectivity index (χ0n) is 12.0. The number of halogens is 6. The third-order valence-corrected chi connectivity index (χ3v) is 7.37. The summed E-state index contributed by atoms with van der Waals surface area (Å²) >= 11 is 17.9. The van der Waals surface area contributed by atoms with E-state index in [4.69, 9.17) is 34.8 Å². The number of rotatable bonds is 6. The van der Waals surface area contributed by atoms with E-state index in [9.17, 15) is 26.4 Å². The Morgan fingerprint density at radius 3 is 2.44 bits per heavy atom. The molecule has 2 heterocycles. The number of ketones is 1. The van der Waals surface area contributed by atoms with Gasteiger partial charge in [-0.1, -0.05) is 34.8 Å².